The molecule has 8 nitrogen and oxygen atoms in total. The molecule has 1 atom stereocenters. The van der Waals surface area contributed by atoms with Crippen molar-refractivity contribution in [1.29, 1.82) is 0 Å². The Balaban J connectivity index is 1.22. The zero-order valence-electron chi connectivity index (χ0n) is 27.2. The number of carbonyl (C=O) groups is 2. The van der Waals surface area contributed by atoms with Crippen LogP contribution < -0.4 is 14.4 Å². The number of nitrogens with zero attached hydrogens (tertiary/aromatic N) is 3. The summed E-state index contributed by atoms with van der Waals surface area (Å²) in [5.74, 6) is 0.259. The number of thioether (sulfide) groups is 1. The molecule has 1 N–H and O–H groups in total. The smallest absolute Gasteiger partial charge is 0.301 e. The van der Waals surface area contributed by atoms with E-state index in [2.05, 4.69) is 16.3 Å². The maximum atomic E-state index is 13.8. The molecule has 254 valence electrons. The highest BCUT2D eigenvalue weighted by Gasteiger charge is 2.48. The second kappa shape index (κ2) is 15.2. The summed E-state index contributed by atoms with van der Waals surface area (Å²) < 4.78 is 12.7. The summed E-state index contributed by atoms with van der Waals surface area (Å²) >= 11 is 8.96. The van der Waals surface area contributed by atoms with Gasteiger partial charge in [0.1, 0.15) is 29.6 Å². The molecule has 1 aliphatic rings. The molecule has 7 rings (SSSR count). The number of anilines is 1. The second-order valence-corrected chi connectivity index (χ2v) is 14.3. The predicted octanol–water partition coefficient (Wildman–Crippen LogP) is 9.79. The highest BCUT2D eigenvalue weighted by molar-refractivity contribution is 8.00. The lowest BCUT2D eigenvalue weighted by Crippen LogP contribution is -2.29. The van der Waals surface area contributed by atoms with E-state index in [0.29, 0.717) is 50.1 Å². The number of para-hydroxylation sites is 1. The van der Waals surface area contributed by atoms with E-state index in [1.54, 1.807) is 48.5 Å². The van der Waals surface area contributed by atoms with Crippen LogP contribution in [0.25, 0.3) is 5.76 Å². The van der Waals surface area contributed by atoms with Gasteiger partial charge in [-0.25, -0.2) is 0 Å². The molecule has 1 saturated heterocycles. The molecule has 0 aliphatic carbocycles. The van der Waals surface area contributed by atoms with Crippen molar-refractivity contribution in [3.63, 3.8) is 0 Å². The summed E-state index contributed by atoms with van der Waals surface area (Å²) in [4.78, 5) is 29.0. The number of halogens is 1. The third-order valence-corrected chi connectivity index (χ3v) is 10.6. The lowest BCUT2D eigenvalue weighted by atomic mass is 9.95. The van der Waals surface area contributed by atoms with Crippen LogP contribution in [0.15, 0.2) is 137 Å². The Morgan fingerprint density at radius 3 is 2.37 bits per heavy atom. The monoisotopic (exact) mass is 731 g/mol. The zero-order chi connectivity index (χ0) is 35.3. The number of ether oxygens (including phenoxy) is 2. The molecule has 1 aromatic heterocycles. The molecule has 1 amide bonds. The van der Waals surface area contributed by atoms with Gasteiger partial charge in [-0.1, -0.05) is 113 Å². The number of hydrogen-bond donors (Lipinski definition) is 1. The number of hydrogen-bond acceptors (Lipinski definition) is 9. The summed E-state index contributed by atoms with van der Waals surface area (Å²) in [6.45, 7) is 2.40. The van der Waals surface area contributed by atoms with E-state index in [9.17, 15) is 14.7 Å². The van der Waals surface area contributed by atoms with E-state index in [4.69, 9.17) is 21.1 Å². The first-order chi connectivity index (χ1) is 24.8. The van der Waals surface area contributed by atoms with Crippen molar-refractivity contribution in [2.24, 2.45) is 0 Å². The van der Waals surface area contributed by atoms with E-state index < -0.39 is 17.7 Å². The number of aromatic nitrogens is 2. The van der Waals surface area contributed by atoms with E-state index >= 15 is 0 Å². The summed E-state index contributed by atoms with van der Waals surface area (Å²) in [5.41, 5.74) is 3.92. The van der Waals surface area contributed by atoms with Crippen molar-refractivity contribution in [1.82, 2.24) is 10.2 Å². The minimum atomic E-state index is -1.02. The van der Waals surface area contributed by atoms with Crippen molar-refractivity contribution >= 4 is 57.3 Å². The lowest BCUT2D eigenvalue weighted by molar-refractivity contribution is -0.132. The summed E-state index contributed by atoms with van der Waals surface area (Å²) in [5, 5.41) is 21.2. The van der Waals surface area contributed by atoms with E-state index in [0.717, 1.165) is 16.7 Å². The Bertz CT molecular complexity index is 2240. The predicted molar refractivity (Wildman–Crippen MR) is 201 cm³/mol. The first kappa shape index (κ1) is 34.0. The molecule has 0 saturated carbocycles. The minimum absolute atomic E-state index is 0.0780. The van der Waals surface area contributed by atoms with Crippen molar-refractivity contribution in [2.45, 2.75) is 29.7 Å². The van der Waals surface area contributed by atoms with E-state index in [-0.39, 0.29) is 16.5 Å². The molecule has 11 heteroatoms. The van der Waals surface area contributed by atoms with Gasteiger partial charge in [0.25, 0.3) is 5.78 Å². The maximum absolute atomic E-state index is 13.8. The minimum Gasteiger partial charge on any atom is -0.507 e. The van der Waals surface area contributed by atoms with Crippen molar-refractivity contribution in [2.75, 3.05) is 4.90 Å². The fourth-order valence-electron chi connectivity index (χ4n) is 5.66. The van der Waals surface area contributed by atoms with Crippen LogP contribution in [0.4, 0.5) is 5.13 Å². The number of rotatable bonds is 11. The Morgan fingerprint density at radius 1 is 0.843 bits per heavy atom. The van der Waals surface area contributed by atoms with Crippen LogP contribution in [-0.2, 0) is 21.9 Å². The SMILES string of the molecule is Cc1cccc(COc2ccc(C(O)=C3C(=O)C(=O)N(c4nnc(SCc5ccccc5Cl)s4)C3c3cccc(Oc4ccccc4)c3)cc2)c1. The number of aliphatic hydroxyl groups is 1. The van der Waals surface area contributed by atoms with Gasteiger partial charge in [0.2, 0.25) is 5.13 Å². The van der Waals surface area contributed by atoms with Crippen molar-refractivity contribution in [3.05, 3.63) is 166 Å². The van der Waals surface area contributed by atoms with Gasteiger partial charge in [-0.2, -0.15) is 0 Å². The van der Waals surface area contributed by atoms with E-state index in [1.807, 2.05) is 79.7 Å². The van der Waals surface area contributed by atoms with Gasteiger partial charge >= 0.3 is 5.91 Å². The number of benzene rings is 5. The number of ketones is 1. The van der Waals surface area contributed by atoms with Crippen LogP contribution in [0.3, 0.4) is 0 Å². The summed E-state index contributed by atoms with van der Waals surface area (Å²) in [6, 6.07) is 37.7. The molecule has 1 fully saturated rings. The Labute approximate surface area is 308 Å². The first-order valence-corrected chi connectivity index (χ1v) is 18.1. The van der Waals surface area contributed by atoms with Crippen LogP contribution in [0.2, 0.25) is 5.02 Å². The molecular weight excluding hydrogens is 702 g/mol. The molecule has 6 aromatic rings. The van der Waals surface area contributed by atoms with Gasteiger partial charge in [-0.15, -0.1) is 10.2 Å². The standard InChI is InChI=1S/C40H30ClN3O5S2/c1-25-9-7-10-26(21-25)23-48-30-19-17-27(18-20-30)36(45)34-35(28-12-8-15-32(22-28)49-31-13-3-2-4-14-31)44(38(47)37(34)46)39-42-43-40(51-39)50-24-29-11-5-6-16-33(29)41/h2-22,35,45H,23-24H2,1H3. The van der Waals surface area contributed by atoms with E-state index in [1.165, 1.54) is 28.0 Å². The van der Waals surface area contributed by atoms with Crippen LogP contribution in [0.5, 0.6) is 17.2 Å². The topological polar surface area (TPSA) is 102 Å². The molecular formula is C40H30ClN3O5S2. The quantitative estimate of drug-likeness (QED) is 0.0462. The molecule has 2 heterocycles. The van der Waals surface area contributed by atoms with Gasteiger partial charge in [0.15, 0.2) is 4.34 Å². The fraction of sp³-hybridized carbons (Fsp3) is 0.100. The molecule has 0 spiro atoms. The van der Waals surface area contributed by atoms with Gasteiger partial charge in [0, 0.05) is 16.3 Å². The molecule has 1 unspecified atom stereocenters. The average Bonchev–Trinajstić information content (AvgIpc) is 3.72. The summed E-state index contributed by atoms with van der Waals surface area (Å²) in [6.07, 6.45) is 0. The molecule has 1 aliphatic heterocycles. The number of aliphatic hydroxyl groups excluding tert-OH is 1. The Kier molecular flexibility index (Phi) is 10.2. The molecule has 5 aromatic carbocycles. The average molecular weight is 732 g/mol. The highest BCUT2D eigenvalue weighted by atomic mass is 35.5. The van der Waals surface area contributed by atoms with Crippen LogP contribution in [-0.4, -0.2) is 27.0 Å². The number of carbonyl (C=O) groups excluding carboxylic acids is 2. The highest BCUT2D eigenvalue weighted by Crippen LogP contribution is 2.45. The first-order valence-electron chi connectivity index (χ1n) is 16.0. The summed E-state index contributed by atoms with van der Waals surface area (Å²) in [7, 11) is 0. The largest absolute Gasteiger partial charge is 0.507 e. The van der Waals surface area contributed by atoms with Crippen molar-refractivity contribution < 1.29 is 24.2 Å². The maximum Gasteiger partial charge on any atom is 0.301 e. The van der Waals surface area contributed by atoms with Gasteiger partial charge < -0.3 is 14.6 Å². The molecule has 51 heavy (non-hydrogen) atoms. The fourth-order valence-corrected chi connectivity index (χ4v) is 7.82. The number of Topliss-reactive ketones (excluding diaryl/α,β-unsaturated/α-hetero) is 1. The van der Waals surface area contributed by atoms with Gasteiger partial charge in [0.05, 0.1) is 11.6 Å². The Hall–Kier alpha value is -5.42. The van der Waals surface area contributed by atoms with Crippen LogP contribution in [0, 0.1) is 6.92 Å². The lowest BCUT2D eigenvalue weighted by Gasteiger charge is -2.23. The van der Waals surface area contributed by atoms with Crippen LogP contribution >= 0.6 is 34.7 Å². The molecule has 0 radical (unpaired) electrons. The zero-order valence-corrected chi connectivity index (χ0v) is 29.6. The van der Waals surface area contributed by atoms with Gasteiger partial charge in [-0.05, 0) is 78.2 Å². The van der Waals surface area contributed by atoms with Gasteiger partial charge in [-0.3, -0.25) is 14.5 Å². The number of amides is 1. The third-order valence-electron chi connectivity index (χ3n) is 8.12. The normalized spacial score (nSPS) is 15.3. The second-order valence-electron chi connectivity index (χ2n) is 11.7. The van der Waals surface area contributed by atoms with Crippen LogP contribution in [0.1, 0.15) is 33.9 Å². The molecule has 0 bridgehead atoms. The van der Waals surface area contributed by atoms with Crippen molar-refractivity contribution in [3.8, 4) is 17.2 Å². The number of aryl methyl sites for hydroxylation is 1. The Morgan fingerprint density at radius 2 is 1.59 bits per heavy atom. The third kappa shape index (κ3) is 7.68.